The lowest BCUT2D eigenvalue weighted by Gasteiger charge is -2.29. The van der Waals surface area contributed by atoms with Gasteiger partial charge in [-0.05, 0) is 42.5 Å². The highest BCUT2D eigenvalue weighted by atomic mass is 35.5. The number of benzene rings is 3. The maximum Gasteiger partial charge on any atom is 0.266 e. The summed E-state index contributed by atoms with van der Waals surface area (Å²) >= 11 is 5.98. The standard InChI is InChI=1S/C24H19ClN2O4/c1-30-19-10-6-5-9-18(19)21-20-22(31-27(21)17-7-3-2-4-8-17)24(29)26(23(20)28)16-13-11-15(25)12-14-16/h2-14,20-22H,1H3/t20-,21-,22+/m0/s1. The molecule has 2 heterocycles. The molecule has 2 amide bonds. The number of anilines is 2. The van der Waals surface area contributed by atoms with Gasteiger partial charge in [0.05, 0.1) is 24.5 Å². The topological polar surface area (TPSA) is 59.1 Å². The monoisotopic (exact) mass is 434 g/mol. The van der Waals surface area contributed by atoms with Crippen molar-refractivity contribution in [3.05, 3.63) is 89.4 Å². The van der Waals surface area contributed by atoms with Crippen LogP contribution in [0.15, 0.2) is 78.9 Å². The number of fused-ring (bicyclic) bond motifs is 1. The number of nitrogens with zero attached hydrogens (tertiary/aromatic N) is 2. The average molecular weight is 435 g/mol. The van der Waals surface area contributed by atoms with Crippen LogP contribution in [0.5, 0.6) is 5.75 Å². The summed E-state index contributed by atoms with van der Waals surface area (Å²) in [6.45, 7) is 0. The molecular formula is C24H19ClN2O4. The van der Waals surface area contributed by atoms with Gasteiger partial charge < -0.3 is 4.74 Å². The molecule has 0 radical (unpaired) electrons. The molecule has 0 spiro atoms. The fraction of sp³-hybridized carbons (Fsp3) is 0.167. The summed E-state index contributed by atoms with van der Waals surface area (Å²) in [7, 11) is 1.58. The molecule has 31 heavy (non-hydrogen) atoms. The van der Waals surface area contributed by atoms with Gasteiger partial charge in [-0.15, -0.1) is 0 Å². The van der Waals surface area contributed by atoms with Crippen molar-refractivity contribution < 1.29 is 19.2 Å². The van der Waals surface area contributed by atoms with E-state index >= 15 is 0 Å². The van der Waals surface area contributed by atoms with E-state index in [4.69, 9.17) is 21.2 Å². The van der Waals surface area contributed by atoms with Gasteiger partial charge in [0, 0.05) is 10.6 Å². The number of imide groups is 1. The van der Waals surface area contributed by atoms with Crippen molar-refractivity contribution in [2.75, 3.05) is 17.1 Å². The van der Waals surface area contributed by atoms with Gasteiger partial charge in [0.1, 0.15) is 11.7 Å². The molecule has 2 aliphatic heterocycles. The van der Waals surface area contributed by atoms with Gasteiger partial charge in [-0.2, -0.15) is 0 Å². The van der Waals surface area contributed by atoms with Crippen LogP contribution in [0.1, 0.15) is 11.6 Å². The Morgan fingerprint density at radius 1 is 0.839 bits per heavy atom. The predicted molar refractivity (Wildman–Crippen MR) is 117 cm³/mol. The number of carbonyl (C=O) groups is 2. The van der Waals surface area contributed by atoms with Gasteiger partial charge in [-0.25, -0.2) is 9.96 Å². The van der Waals surface area contributed by atoms with Crippen LogP contribution in [-0.2, 0) is 14.4 Å². The molecule has 0 aliphatic carbocycles. The third-order valence-electron chi connectivity index (χ3n) is 5.67. The van der Waals surface area contributed by atoms with Gasteiger partial charge in [-0.3, -0.25) is 14.4 Å². The fourth-order valence-electron chi connectivity index (χ4n) is 4.28. The lowest BCUT2D eigenvalue weighted by molar-refractivity contribution is -0.126. The quantitative estimate of drug-likeness (QED) is 0.570. The molecule has 3 atom stereocenters. The molecule has 0 aromatic heterocycles. The van der Waals surface area contributed by atoms with E-state index in [0.717, 1.165) is 11.3 Å². The number of halogens is 1. The Morgan fingerprint density at radius 2 is 1.52 bits per heavy atom. The molecule has 2 aliphatic rings. The van der Waals surface area contributed by atoms with Crippen molar-refractivity contribution in [1.29, 1.82) is 0 Å². The van der Waals surface area contributed by atoms with Crippen LogP contribution in [-0.4, -0.2) is 25.0 Å². The van der Waals surface area contributed by atoms with Crippen molar-refractivity contribution >= 4 is 34.8 Å². The minimum atomic E-state index is -0.932. The Morgan fingerprint density at radius 3 is 2.23 bits per heavy atom. The minimum Gasteiger partial charge on any atom is -0.496 e. The molecule has 3 aromatic carbocycles. The van der Waals surface area contributed by atoms with E-state index in [1.54, 1.807) is 36.4 Å². The first-order chi connectivity index (χ1) is 15.1. The summed E-state index contributed by atoms with van der Waals surface area (Å²) < 4.78 is 5.57. The first-order valence-corrected chi connectivity index (χ1v) is 10.3. The second-order valence-corrected chi connectivity index (χ2v) is 7.82. The Balaban J connectivity index is 1.61. The number of rotatable bonds is 4. The molecule has 156 valence electrons. The Hall–Kier alpha value is -3.35. The highest BCUT2D eigenvalue weighted by Crippen LogP contribution is 2.49. The average Bonchev–Trinajstić information content (AvgIpc) is 3.31. The number of amides is 2. The highest BCUT2D eigenvalue weighted by molar-refractivity contribution is 6.31. The number of methoxy groups -OCH3 is 1. The summed E-state index contributed by atoms with van der Waals surface area (Å²) in [4.78, 5) is 34.2. The lowest BCUT2D eigenvalue weighted by atomic mass is 9.90. The van der Waals surface area contributed by atoms with Crippen molar-refractivity contribution in [3.63, 3.8) is 0 Å². The molecule has 5 rings (SSSR count). The van der Waals surface area contributed by atoms with Crippen molar-refractivity contribution in [2.45, 2.75) is 12.1 Å². The molecule has 2 saturated heterocycles. The Labute approximate surface area is 184 Å². The predicted octanol–water partition coefficient (Wildman–Crippen LogP) is 4.40. The number of carbonyl (C=O) groups excluding carboxylic acids is 2. The SMILES string of the molecule is COc1ccccc1[C@H]1[C@@H]2C(=O)N(c3ccc(Cl)cc3)C(=O)[C@@H]2ON1c1ccccc1. The zero-order valence-corrected chi connectivity index (χ0v) is 17.4. The van der Waals surface area contributed by atoms with Gasteiger partial charge in [0.15, 0.2) is 6.10 Å². The van der Waals surface area contributed by atoms with Crippen LogP contribution in [0.25, 0.3) is 0 Å². The van der Waals surface area contributed by atoms with Crippen LogP contribution in [0.2, 0.25) is 5.02 Å². The van der Waals surface area contributed by atoms with Crippen molar-refractivity contribution in [3.8, 4) is 5.75 Å². The second kappa shape index (κ2) is 7.72. The number of para-hydroxylation sites is 2. The van der Waals surface area contributed by atoms with Crippen LogP contribution in [0, 0.1) is 5.92 Å². The van der Waals surface area contributed by atoms with Crippen LogP contribution >= 0.6 is 11.6 Å². The summed E-state index contributed by atoms with van der Waals surface area (Å²) in [6, 6.07) is 23.0. The molecule has 0 saturated carbocycles. The smallest absolute Gasteiger partial charge is 0.266 e. The lowest BCUT2D eigenvalue weighted by Crippen LogP contribution is -2.37. The van der Waals surface area contributed by atoms with E-state index in [9.17, 15) is 9.59 Å². The zero-order chi connectivity index (χ0) is 21.5. The zero-order valence-electron chi connectivity index (χ0n) is 16.6. The number of hydrogen-bond donors (Lipinski definition) is 0. The van der Waals surface area contributed by atoms with Gasteiger partial charge in [0.25, 0.3) is 5.91 Å². The number of ether oxygens (including phenoxy) is 1. The summed E-state index contributed by atoms with van der Waals surface area (Å²) in [6.07, 6.45) is -0.932. The first-order valence-electron chi connectivity index (χ1n) is 9.87. The molecule has 0 N–H and O–H groups in total. The second-order valence-electron chi connectivity index (χ2n) is 7.39. The fourth-order valence-corrected chi connectivity index (χ4v) is 4.41. The van der Waals surface area contributed by atoms with E-state index < -0.39 is 24.0 Å². The van der Waals surface area contributed by atoms with Crippen LogP contribution in [0.3, 0.4) is 0 Å². The number of hydroxylamine groups is 1. The Kier molecular flexibility index (Phi) is 4.88. The van der Waals surface area contributed by atoms with Gasteiger partial charge in [0.2, 0.25) is 5.91 Å². The third-order valence-corrected chi connectivity index (χ3v) is 5.92. The third kappa shape index (κ3) is 3.15. The molecular weight excluding hydrogens is 416 g/mol. The van der Waals surface area contributed by atoms with E-state index in [2.05, 4.69) is 0 Å². The van der Waals surface area contributed by atoms with E-state index in [1.807, 2.05) is 54.6 Å². The Bertz CT molecular complexity index is 1140. The van der Waals surface area contributed by atoms with Crippen molar-refractivity contribution in [1.82, 2.24) is 0 Å². The highest BCUT2D eigenvalue weighted by Gasteiger charge is 2.60. The minimum absolute atomic E-state index is 0.313. The molecule has 3 aromatic rings. The van der Waals surface area contributed by atoms with E-state index in [0.29, 0.717) is 16.5 Å². The maximum absolute atomic E-state index is 13.6. The first kappa shape index (κ1) is 19.6. The van der Waals surface area contributed by atoms with Gasteiger partial charge in [-0.1, -0.05) is 48.0 Å². The van der Waals surface area contributed by atoms with Crippen molar-refractivity contribution in [2.24, 2.45) is 5.92 Å². The van der Waals surface area contributed by atoms with E-state index in [1.165, 1.54) is 4.90 Å². The molecule has 2 fully saturated rings. The maximum atomic E-state index is 13.6. The van der Waals surface area contributed by atoms with Gasteiger partial charge >= 0.3 is 0 Å². The summed E-state index contributed by atoms with van der Waals surface area (Å²) in [5, 5.41) is 2.18. The molecule has 7 heteroatoms. The van der Waals surface area contributed by atoms with Crippen LogP contribution < -0.4 is 14.7 Å². The largest absolute Gasteiger partial charge is 0.496 e. The molecule has 6 nitrogen and oxygen atoms in total. The summed E-state index contributed by atoms with van der Waals surface area (Å²) in [5.74, 6) is -0.801. The molecule has 0 unspecified atom stereocenters. The van der Waals surface area contributed by atoms with E-state index in [-0.39, 0.29) is 5.91 Å². The summed E-state index contributed by atoms with van der Waals surface area (Å²) in [5.41, 5.74) is 2.01. The normalized spacial score (nSPS) is 22.7. The van der Waals surface area contributed by atoms with Crippen LogP contribution in [0.4, 0.5) is 11.4 Å². The number of hydrogen-bond acceptors (Lipinski definition) is 5. The molecule has 0 bridgehead atoms.